The Morgan fingerprint density at radius 1 is 1.22 bits per heavy atom. The number of rotatable bonds is 7. The Kier molecular flexibility index (Phi) is 6.37. The van der Waals surface area contributed by atoms with Gasteiger partial charge in [-0.2, -0.15) is 0 Å². The molecule has 1 aliphatic rings. The van der Waals surface area contributed by atoms with E-state index in [2.05, 4.69) is 38.2 Å². The van der Waals surface area contributed by atoms with Gasteiger partial charge < -0.3 is 9.88 Å². The Morgan fingerprint density at radius 3 is 2.63 bits per heavy atom. The topological polar surface area (TPSA) is 77.5 Å². The molecule has 0 aromatic carbocycles. The van der Waals surface area contributed by atoms with Crippen molar-refractivity contribution in [3.63, 3.8) is 0 Å². The lowest BCUT2D eigenvalue weighted by atomic mass is 9.86. The molecule has 1 atom stereocenters. The van der Waals surface area contributed by atoms with Crippen molar-refractivity contribution in [3.8, 4) is 0 Å². The summed E-state index contributed by atoms with van der Waals surface area (Å²) in [5.41, 5.74) is 0.879. The number of aromatic nitrogens is 3. The first-order valence-electron chi connectivity index (χ1n) is 9.83. The summed E-state index contributed by atoms with van der Waals surface area (Å²) < 4.78 is 19.5. The van der Waals surface area contributed by atoms with Crippen LogP contribution in [0.3, 0.4) is 0 Å². The van der Waals surface area contributed by atoms with E-state index in [1.165, 1.54) is 0 Å². The number of nitrogens with zero attached hydrogens (tertiary/aromatic N) is 5. The van der Waals surface area contributed by atoms with Crippen molar-refractivity contribution in [1.82, 2.24) is 19.3 Å². The van der Waals surface area contributed by atoms with Gasteiger partial charge >= 0.3 is 0 Å². The van der Waals surface area contributed by atoms with Crippen molar-refractivity contribution < 1.29 is 4.21 Å². The van der Waals surface area contributed by atoms with Gasteiger partial charge in [0.15, 0.2) is 0 Å². The molecule has 7 nitrogen and oxygen atoms in total. The minimum absolute atomic E-state index is 0.456. The standard InChI is InChI=1S/C19H32N6OS/c1-5-11-23-27(26,24(2)3)13-15-6-8-16(9-7-15)25(4)19-17-10-12-20-18(17)21-14-22-19/h10,12,14-16H,5-9,11,13H2,1-4H3,(H,20,21,22). The first-order chi connectivity index (χ1) is 12.9. The number of hydrogen-bond donors (Lipinski definition) is 1. The molecule has 8 heteroatoms. The number of fused-ring (bicyclic) bond motifs is 1. The lowest BCUT2D eigenvalue weighted by Crippen LogP contribution is -2.38. The van der Waals surface area contributed by atoms with Crippen LogP contribution in [0.4, 0.5) is 5.82 Å². The van der Waals surface area contributed by atoms with Crippen molar-refractivity contribution >= 4 is 26.8 Å². The maximum atomic E-state index is 13.2. The molecular weight excluding hydrogens is 360 g/mol. The van der Waals surface area contributed by atoms with E-state index in [0.29, 0.717) is 24.3 Å². The smallest absolute Gasteiger partial charge is 0.142 e. The molecule has 2 aromatic rings. The lowest BCUT2D eigenvalue weighted by Gasteiger charge is -2.36. The minimum atomic E-state index is -2.26. The van der Waals surface area contributed by atoms with Crippen LogP contribution >= 0.6 is 0 Å². The van der Waals surface area contributed by atoms with Gasteiger partial charge in [-0.3, -0.25) is 0 Å². The van der Waals surface area contributed by atoms with Crippen LogP contribution in [0.25, 0.3) is 11.0 Å². The summed E-state index contributed by atoms with van der Waals surface area (Å²) in [6.07, 6.45) is 8.82. The molecule has 0 saturated heterocycles. The number of aromatic amines is 1. The van der Waals surface area contributed by atoms with E-state index in [4.69, 9.17) is 0 Å². The van der Waals surface area contributed by atoms with Crippen molar-refractivity contribution in [2.75, 3.05) is 38.3 Å². The summed E-state index contributed by atoms with van der Waals surface area (Å²) in [5.74, 6) is 2.15. The Labute approximate surface area is 162 Å². The van der Waals surface area contributed by atoms with Gasteiger partial charge in [0.25, 0.3) is 0 Å². The van der Waals surface area contributed by atoms with E-state index in [9.17, 15) is 4.21 Å². The van der Waals surface area contributed by atoms with Crippen molar-refractivity contribution in [2.45, 2.75) is 45.1 Å². The van der Waals surface area contributed by atoms with Crippen LogP contribution in [0.2, 0.25) is 0 Å². The second-order valence-electron chi connectivity index (χ2n) is 7.66. The molecule has 27 heavy (non-hydrogen) atoms. The molecule has 0 amide bonds. The summed E-state index contributed by atoms with van der Waals surface area (Å²) >= 11 is 0. The molecule has 1 fully saturated rings. The molecule has 1 N–H and O–H groups in total. The van der Waals surface area contributed by atoms with Gasteiger partial charge in [0.2, 0.25) is 0 Å². The van der Waals surface area contributed by atoms with Gasteiger partial charge in [-0.1, -0.05) is 6.92 Å². The Bertz CT molecular complexity index is 862. The largest absolute Gasteiger partial charge is 0.356 e. The molecule has 0 spiro atoms. The molecule has 1 aliphatic carbocycles. The monoisotopic (exact) mass is 392 g/mol. The number of anilines is 1. The van der Waals surface area contributed by atoms with E-state index in [0.717, 1.165) is 49.0 Å². The van der Waals surface area contributed by atoms with Crippen LogP contribution in [-0.4, -0.2) is 62.9 Å². The zero-order valence-electron chi connectivity index (χ0n) is 16.9. The predicted octanol–water partition coefficient (Wildman–Crippen LogP) is 3.31. The van der Waals surface area contributed by atoms with Crippen LogP contribution in [0.15, 0.2) is 23.0 Å². The second kappa shape index (κ2) is 8.56. The minimum Gasteiger partial charge on any atom is -0.356 e. The molecule has 1 saturated carbocycles. The molecule has 2 aromatic heterocycles. The van der Waals surface area contributed by atoms with E-state index in [-0.39, 0.29) is 0 Å². The summed E-state index contributed by atoms with van der Waals surface area (Å²) in [5, 5.41) is 1.07. The van der Waals surface area contributed by atoms with Crippen LogP contribution in [0.1, 0.15) is 39.0 Å². The van der Waals surface area contributed by atoms with Gasteiger partial charge in [-0.05, 0) is 44.1 Å². The van der Waals surface area contributed by atoms with E-state index >= 15 is 0 Å². The van der Waals surface area contributed by atoms with Crippen molar-refractivity contribution in [3.05, 3.63) is 18.6 Å². The molecule has 0 aliphatic heterocycles. The van der Waals surface area contributed by atoms with Crippen LogP contribution in [0.5, 0.6) is 0 Å². The Morgan fingerprint density at radius 2 is 1.96 bits per heavy atom. The molecule has 2 heterocycles. The first-order valence-corrected chi connectivity index (χ1v) is 11.5. The van der Waals surface area contributed by atoms with Gasteiger partial charge in [-0.25, -0.2) is 22.8 Å². The molecule has 0 bridgehead atoms. The summed E-state index contributed by atoms with van der Waals surface area (Å²) in [6.45, 7) is 2.75. The highest BCUT2D eigenvalue weighted by Gasteiger charge is 2.28. The van der Waals surface area contributed by atoms with E-state index in [1.807, 2.05) is 30.7 Å². The van der Waals surface area contributed by atoms with Gasteiger partial charge in [-0.15, -0.1) is 0 Å². The predicted molar refractivity (Wildman–Crippen MR) is 112 cm³/mol. The van der Waals surface area contributed by atoms with Gasteiger partial charge in [0, 0.05) is 45.7 Å². The van der Waals surface area contributed by atoms with Crippen LogP contribution in [0, 0.1) is 5.92 Å². The fourth-order valence-corrected chi connectivity index (χ4v) is 5.92. The highest BCUT2D eigenvalue weighted by molar-refractivity contribution is 7.91. The molecular formula is C19H32N6OS. The Hall–Kier alpha value is -1.67. The molecule has 150 valence electrons. The molecule has 0 radical (unpaired) electrons. The second-order valence-corrected chi connectivity index (χ2v) is 10.2. The summed E-state index contributed by atoms with van der Waals surface area (Å²) in [6, 6.07) is 2.49. The third kappa shape index (κ3) is 4.43. The molecule has 1 unspecified atom stereocenters. The van der Waals surface area contributed by atoms with Crippen LogP contribution < -0.4 is 4.90 Å². The average molecular weight is 393 g/mol. The number of nitrogens with one attached hydrogen (secondary N) is 1. The fourth-order valence-electron chi connectivity index (χ4n) is 3.87. The number of H-pyrrole nitrogens is 1. The van der Waals surface area contributed by atoms with Gasteiger partial charge in [0.1, 0.15) is 27.7 Å². The highest BCUT2D eigenvalue weighted by atomic mass is 32.2. The van der Waals surface area contributed by atoms with E-state index in [1.54, 1.807) is 6.33 Å². The summed E-state index contributed by atoms with van der Waals surface area (Å²) in [4.78, 5) is 14.2. The first kappa shape index (κ1) is 20.1. The SMILES string of the molecule is CCCN=S(=O)(CC1CCC(N(C)c2ncnc3[nH]ccc23)CC1)N(C)C. The van der Waals surface area contributed by atoms with Crippen LogP contribution in [-0.2, 0) is 9.92 Å². The fraction of sp³-hybridized carbons (Fsp3) is 0.684. The zero-order valence-corrected chi connectivity index (χ0v) is 17.7. The number of hydrogen-bond acceptors (Lipinski definition) is 5. The third-order valence-electron chi connectivity index (χ3n) is 5.57. The quantitative estimate of drug-likeness (QED) is 0.784. The van der Waals surface area contributed by atoms with Gasteiger partial charge in [0.05, 0.1) is 5.39 Å². The third-order valence-corrected chi connectivity index (χ3v) is 8.20. The van der Waals surface area contributed by atoms with E-state index < -0.39 is 9.92 Å². The average Bonchev–Trinajstić information content (AvgIpc) is 3.15. The van der Waals surface area contributed by atoms with Crippen molar-refractivity contribution in [2.24, 2.45) is 10.3 Å². The molecule has 3 rings (SSSR count). The Balaban J connectivity index is 1.65. The maximum absolute atomic E-state index is 13.2. The highest BCUT2D eigenvalue weighted by Crippen LogP contribution is 2.32. The zero-order chi connectivity index (χ0) is 19.4. The lowest BCUT2D eigenvalue weighted by molar-refractivity contribution is 0.340. The normalized spacial score (nSPS) is 22.7. The maximum Gasteiger partial charge on any atom is 0.142 e. The summed E-state index contributed by atoms with van der Waals surface area (Å²) in [7, 11) is 3.64. The van der Waals surface area contributed by atoms with Crippen molar-refractivity contribution in [1.29, 1.82) is 0 Å².